The summed E-state index contributed by atoms with van der Waals surface area (Å²) in [5.41, 5.74) is 1.59. The molecule has 0 aliphatic heterocycles. The molecule has 0 saturated heterocycles. The molecule has 5 heteroatoms. The van der Waals surface area contributed by atoms with E-state index in [0.717, 1.165) is 11.6 Å². The molecule has 1 aliphatic carbocycles. The van der Waals surface area contributed by atoms with Crippen LogP contribution in [0.4, 0.5) is 18.9 Å². The largest absolute Gasteiger partial charge is 0.323 e. The summed E-state index contributed by atoms with van der Waals surface area (Å²) in [4.78, 5) is 12.6. The standard InChI is InChI=1S/C22H16F3NO/c23-15-8-4-7-14(9-15)17-12-19(17)22(27)26-21-18(10-16(24)11-20(21)25)13-5-2-1-3-6-13/h1-11,17,19H,12H2,(H,26,27)/t17-,19+/m0/s1. The van der Waals surface area contributed by atoms with E-state index in [4.69, 9.17) is 0 Å². The maximum absolute atomic E-state index is 14.4. The molecule has 1 fully saturated rings. The maximum atomic E-state index is 14.4. The molecule has 1 amide bonds. The summed E-state index contributed by atoms with van der Waals surface area (Å²) in [7, 11) is 0. The van der Waals surface area contributed by atoms with Crippen molar-refractivity contribution in [1.82, 2.24) is 0 Å². The molecule has 0 spiro atoms. The first kappa shape index (κ1) is 17.3. The Labute approximate surface area is 154 Å². The van der Waals surface area contributed by atoms with Gasteiger partial charge in [0.2, 0.25) is 5.91 Å². The summed E-state index contributed by atoms with van der Waals surface area (Å²) in [5.74, 6) is -2.70. The quantitative estimate of drug-likeness (QED) is 0.647. The molecule has 136 valence electrons. The number of carbonyl (C=O) groups is 1. The smallest absolute Gasteiger partial charge is 0.228 e. The molecule has 3 aromatic carbocycles. The Morgan fingerprint density at radius 3 is 2.41 bits per heavy atom. The molecular formula is C22H16F3NO. The second kappa shape index (κ2) is 6.91. The first-order valence-corrected chi connectivity index (χ1v) is 8.64. The Balaban J connectivity index is 1.59. The number of benzene rings is 3. The molecule has 1 N–H and O–H groups in total. The normalized spacial score (nSPS) is 18.2. The van der Waals surface area contributed by atoms with E-state index in [1.807, 2.05) is 0 Å². The van der Waals surface area contributed by atoms with E-state index in [9.17, 15) is 18.0 Å². The Bertz CT molecular complexity index is 1000. The van der Waals surface area contributed by atoms with Crippen LogP contribution < -0.4 is 5.32 Å². The van der Waals surface area contributed by atoms with E-state index in [2.05, 4.69) is 5.32 Å². The van der Waals surface area contributed by atoms with Gasteiger partial charge in [0, 0.05) is 17.5 Å². The number of nitrogens with one attached hydrogen (secondary N) is 1. The van der Waals surface area contributed by atoms with Gasteiger partial charge in [-0.05, 0) is 41.7 Å². The van der Waals surface area contributed by atoms with Crippen molar-refractivity contribution in [2.75, 3.05) is 5.32 Å². The van der Waals surface area contributed by atoms with Crippen molar-refractivity contribution >= 4 is 11.6 Å². The Morgan fingerprint density at radius 1 is 0.889 bits per heavy atom. The average molecular weight is 367 g/mol. The number of hydrogen-bond acceptors (Lipinski definition) is 1. The van der Waals surface area contributed by atoms with Gasteiger partial charge in [0.25, 0.3) is 0 Å². The van der Waals surface area contributed by atoms with Crippen LogP contribution in [0.3, 0.4) is 0 Å². The third-order valence-corrected chi connectivity index (χ3v) is 4.79. The number of anilines is 1. The second-order valence-corrected chi connectivity index (χ2v) is 6.67. The first-order valence-electron chi connectivity index (χ1n) is 8.64. The van der Waals surface area contributed by atoms with Gasteiger partial charge in [-0.3, -0.25) is 4.79 Å². The van der Waals surface area contributed by atoms with Crippen LogP contribution in [-0.2, 0) is 4.79 Å². The van der Waals surface area contributed by atoms with E-state index in [1.165, 1.54) is 18.2 Å². The van der Waals surface area contributed by atoms with Gasteiger partial charge in [-0.2, -0.15) is 0 Å². The van der Waals surface area contributed by atoms with E-state index < -0.39 is 11.6 Å². The van der Waals surface area contributed by atoms with Crippen LogP contribution in [0.5, 0.6) is 0 Å². The van der Waals surface area contributed by atoms with Crippen LogP contribution in [0.2, 0.25) is 0 Å². The zero-order valence-corrected chi connectivity index (χ0v) is 14.3. The monoisotopic (exact) mass is 367 g/mol. The highest BCUT2D eigenvalue weighted by Gasteiger charge is 2.44. The lowest BCUT2D eigenvalue weighted by atomic mass is 10.0. The predicted octanol–water partition coefficient (Wildman–Crippen LogP) is 5.51. The van der Waals surface area contributed by atoms with Crippen molar-refractivity contribution in [3.8, 4) is 11.1 Å². The van der Waals surface area contributed by atoms with Crippen molar-refractivity contribution in [2.24, 2.45) is 5.92 Å². The Morgan fingerprint density at radius 2 is 1.67 bits per heavy atom. The van der Waals surface area contributed by atoms with Gasteiger partial charge in [-0.1, -0.05) is 42.5 Å². The summed E-state index contributed by atoms with van der Waals surface area (Å²) < 4.78 is 41.5. The second-order valence-electron chi connectivity index (χ2n) is 6.67. The molecule has 0 unspecified atom stereocenters. The minimum absolute atomic E-state index is 0.0440. The van der Waals surface area contributed by atoms with Crippen LogP contribution in [0.1, 0.15) is 17.9 Å². The number of hydrogen-bond donors (Lipinski definition) is 1. The molecule has 27 heavy (non-hydrogen) atoms. The maximum Gasteiger partial charge on any atom is 0.228 e. The van der Waals surface area contributed by atoms with E-state index >= 15 is 0 Å². The number of amides is 1. The Hall–Kier alpha value is -3.08. The molecule has 4 rings (SSSR count). The molecule has 2 nitrogen and oxygen atoms in total. The lowest BCUT2D eigenvalue weighted by Gasteiger charge is -2.13. The molecule has 3 aromatic rings. The fourth-order valence-electron chi connectivity index (χ4n) is 3.35. The number of halogens is 3. The SMILES string of the molecule is O=C(Nc1c(F)cc(F)cc1-c1ccccc1)[C@@H]1C[C@H]1c1cccc(F)c1. The molecule has 0 bridgehead atoms. The van der Waals surface area contributed by atoms with Gasteiger partial charge in [-0.15, -0.1) is 0 Å². The summed E-state index contributed by atoms with van der Waals surface area (Å²) in [5, 5.41) is 2.61. The van der Waals surface area contributed by atoms with Crippen molar-refractivity contribution in [2.45, 2.75) is 12.3 Å². The molecule has 0 heterocycles. The zero-order chi connectivity index (χ0) is 19.0. The van der Waals surface area contributed by atoms with Crippen LogP contribution in [-0.4, -0.2) is 5.91 Å². The third-order valence-electron chi connectivity index (χ3n) is 4.79. The van der Waals surface area contributed by atoms with E-state index in [0.29, 0.717) is 12.0 Å². The molecule has 0 aromatic heterocycles. The van der Waals surface area contributed by atoms with Crippen molar-refractivity contribution < 1.29 is 18.0 Å². The molecule has 0 radical (unpaired) electrons. The molecular weight excluding hydrogens is 351 g/mol. The molecule has 1 aliphatic rings. The minimum atomic E-state index is -0.829. The number of rotatable bonds is 4. The van der Waals surface area contributed by atoms with E-state index in [1.54, 1.807) is 42.5 Å². The fourth-order valence-corrected chi connectivity index (χ4v) is 3.35. The first-order chi connectivity index (χ1) is 13.0. The van der Waals surface area contributed by atoms with Crippen LogP contribution in [0, 0.1) is 23.4 Å². The van der Waals surface area contributed by atoms with Crippen molar-refractivity contribution in [3.05, 3.63) is 89.7 Å². The summed E-state index contributed by atoms with van der Waals surface area (Å²) in [6.07, 6.45) is 0.568. The lowest BCUT2D eigenvalue weighted by molar-refractivity contribution is -0.117. The van der Waals surface area contributed by atoms with Gasteiger partial charge >= 0.3 is 0 Å². The summed E-state index contributed by atoms with van der Waals surface area (Å²) in [6, 6.07) is 16.8. The zero-order valence-electron chi connectivity index (χ0n) is 14.3. The number of carbonyl (C=O) groups excluding carboxylic acids is 1. The topological polar surface area (TPSA) is 29.1 Å². The van der Waals surface area contributed by atoms with Gasteiger partial charge in [0.05, 0.1) is 5.69 Å². The lowest BCUT2D eigenvalue weighted by Crippen LogP contribution is -2.16. The minimum Gasteiger partial charge on any atom is -0.323 e. The van der Waals surface area contributed by atoms with Crippen LogP contribution in [0.15, 0.2) is 66.7 Å². The average Bonchev–Trinajstić information content (AvgIpc) is 3.45. The summed E-state index contributed by atoms with van der Waals surface area (Å²) in [6.45, 7) is 0. The third kappa shape index (κ3) is 3.58. The van der Waals surface area contributed by atoms with Crippen LogP contribution in [0.25, 0.3) is 11.1 Å². The molecule has 1 saturated carbocycles. The van der Waals surface area contributed by atoms with Crippen molar-refractivity contribution in [1.29, 1.82) is 0 Å². The highest BCUT2D eigenvalue weighted by Crippen LogP contribution is 2.48. The van der Waals surface area contributed by atoms with Gasteiger partial charge in [0.1, 0.15) is 17.5 Å². The predicted molar refractivity (Wildman–Crippen MR) is 97.7 cm³/mol. The highest BCUT2D eigenvalue weighted by molar-refractivity contribution is 5.99. The van der Waals surface area contributed by atoms with Crippen molar-refractivity contribution in [3.63, 3.8) is 0 Å². The van der Waals surface area contributed by atoms with E-state index in [-0.39, 0.29) is 34.8 Å². The fraction of sp³-hybridized carbons (Fsp3) is 0.136. The van der Waals surface area contributed by atoms with Gasteiger partial charge in [-0.25, -0.2) is 13.2 Å². The Kier molecular flexibility index (Phi) is 4.44. The van der Waals surface area contributed by atoms with Crippen LogP contribution >= 0.6 is 0 Å². The van der Waals surface area contributed by atoms with Gasteiger partial charge < -0.3 is 5.32 Å². The van der Waals surface area contributed by atoms with Gasteiger partial charge in [0.15, 0.2) is 0 Å². The summed E-state index contributed by atoms with van der Waals surface area (Å²) >= 11 is 0. The molecule has 2 atom stereocenters. The highest BCUT2D eigenvalue weighted by atomic mass is 19.1.